The summed E-state index contributed by atoms with van der Waals surface area (Å²) >= 11 is 7.32. The SMILES string of the molecule is CC1CC(C)(C)N(C)c2cc(Cl)c(/C=C3\SC(=O)N(CC(=O)Nc4ccccc4F)C3=O)cc21. The standard InChI is InChI=1S/C25H25ClFN3O3S/c1-14-12-25(2,3)29(4)20-11-17(26)15(9-16(14)20)10-21-23(32)30(24(33)34-21)13-22(31)28-19-8-6-5-7-18(19)27/h5-11,14H,12-13H2,1-4H3,(H,28,31)/b21-10-. The van der Waals surface area contributed by atoms with E-state index in [1.54, 1.807) is 12.1 Å². The van der Waals surface area contributed by atoms with E-state index in [1.165, 1.54) is 18.2 Å². The van der Waals surface area contributed by atoms with Crippen LogP contribution >= 0.6 is 23.4 Å². The van der Waals surface area contributed by atoms with Crippen molar-refractivity contribution in [3.05, 3.63) is 63.3 Å². The first-order valence-corrected chi connectivity index (χ1v) is 12.0. The number of hydrogen-bond donors (Lipinski definition) is 1. The molecule has 2 aromatic rings. The summed E-state index contributed by atoms with van der Waals surface area (Å²) in [6.45, 7) is 6.03. The minimum atomic E-state index is -0.667. The van der Waals surface area contributed by atoms with Crippen molar-refractivity contribution >= 4 is 57.9 Å². The fourth-order valence-corrected chi connectivity index (χ4v) is 5.43. The maximum absolute atomic E-state index is 13.8. The maximum atomic E-state index is 13.8. The van der Waals surface area contributed by atoms with Crippen molar-refractivity contribution < 1.29 is 18.8 Å². The third-order valence-corrected chi connectivity index (χ3v) is 7.60. The number of halogens is 2. The summed E-state index contributed by atoms with van der Waals surface area (Å²) in [5.74, 6) is -1.56. The van der Waals surface area contributed by atoms with Gasteiger partial charge in [-0.25, -0.2) is 4.39 Å². The first kappa shape index (κ1) is 24.3. The highest BCUT2D eigenvalue weighted by Gasteiger charge is 2.37. The number of rotatable bonds is 4. The summed E-state index contributed by atoms with van der Waals surface area (Å²) < 4.78 is 13.8. The molecule has 0 aromatic heterocycles. The number of para-hydroxylation sites is 1. The van der Waals surface area contributed by atoms with E-state index in [-0.39, 0.29) is 16.1 Å². The third-order valence-electron chi connectivity index (χ3n) is 6.36. The van der Waals surface area contributed by atoms with Crippen molar-refractivity contribution in [3.8, 4) is 0 Å². The van der Waals surface area contributed by atoms with Crippen molar-refractivity contribution in [2.24, 2.45) is 0 Å². The predicted octanol–water partition coefficient (Wildman–Crippen LogP) is 5.88. The highest BCUT2D eigenvalue weighted by molar-refractivity contribution is 8.18. The molecule has 2 aliphatic rings. The van der Waals surface area contributed by atoms with Gasteiger partial charge in [-0.2, -0.15) is 0 Å². The quantitative estimate of drug-likeness (QED) is 0.530. The zero-order valence-corrected chi connectivity index (χ0v) is 20.9. The molecule has 2 heterocycles. The van der Waals surface area contributed by atoms with E-state index in [9.17, 15) is 18.8 Å². The molecule has 1 atom stereocenters. The van der Waals surface area contributed by atoms with Gasteiger partial charge in [0.05, 0.1) is 10.6 Å². The van der Waals surface area contributed by atoms with Crippen LogP contribution < -0.4 is 10.2 Å². The van der Waals surface area contributed by atoms with E-state index in [4.69, 9.17) is 11.6 Å². The summed E-state index contributed by atoms with van der Waals surface area (Å²) in [5, 5.41) is 2.29. The zero-order chi connectivity index (χ0) is 24.8. The number of benzene rings is 2. The molecule has 1 saturated heterocycles. The molecule has 2 aliphatic heterocycles. The van der Waals surface area contributed by atoms with Gasteiger partial charge in [0, 0.05) is 23.3 Å². The van der Waals surface area contributed by atoms with Crippen LogP contribution in [0.1, 0.15) is 44.2 Å². The van der Waals surface area contributed by atoms with Crippen LogP contribution in [-0.4, -0.2) is 41.1 Å². The van der Waals surface area contributed by atoms with Gasteiger partial charge < -0.3 is 10.2 Å². The van der Waals surface area contributed by atoms with Crippen LogP contribution in [0.4, 0.5) is 20.6 Å². The van der Waals surface area contributed by atoms with Gasteiger partial charge in [0.2, 0.25) is 5.91 Å². The Morgan fingerprint density at radius 3 is 2.71 bits per heavy atom. The molecule has 0 radical (unpaired) electrons. The second kappa shape index (κ2) is 9.07. The highest BCUT2D eigenvalue weighted by atomic mass is 35.5. The molecule has 1 fully saturated rings. The minimum Gasteiger partial charge on any atom is -0.369 e. The number of nitrogens with one attached hydrogen (secondary N) is 1. The predicted molar refractivity (Wildman–Crippen MR) is 135 cm³/mol. The lowest BCUT2D eigenvalue weighted by Gasteiger charge is -2.45. The van der Waals surface area contributed by atoms with Gasteiger partial charge in [-0.15, -0.1) is 0 Å². The molecule has 178 valence electrons. The fraction of sp³-hybridized carbons (Fsp3) is 0.320. The summed E-state index contributed by atoms with van der Waals surface area (Å²) in [7, 11) is 2.04. The van der Waals surface area contributed by atoms with Gasteiger partial charge in [0.15, 0.2) is 0 Å². The average Bonchev–Trinajstić information content (AvgIpc) is 3.02. The smallest absolute Gasteiger partial charge is 0.294 e. The number of carbonyl (C=O) groups is 3. The molecule has 1 N–H and O–H groups in total. The van der Waals surface area contributed by atoms with Crippen molar-refractivity contribution in [1.82, 2.24) is 4.90 Å². The Labute approximate surface area is 207 Å². The van der Waals surface area contributed by atoms with Gasteiger partial charge in [-0.1, -0.05) is 30.7 Å². The van der Waals surface area contributed by atoms with Crippen molar-refractivity contribution in [2.45, 2.75) is 38.6 Å². The summed E-state index contributed by atoms with van der Waals surface area (Å²) in [4.78, 5) is 40.9. The molecule has 34 heavy (non-hydrogen) atoms. The molecule has 0 bridgehead atoms. The van der Waals surface area contributed by atoms with Crippen molar-refractivity contribution in [1.29, 1.82) is 0 Å². The lowest BCUT2D eigenvalue weighted by Crippen LogP contribution is -2.45. The van der Waals surface area contributed by atoms with Gasteiger partial charge in [-0.3, -0.25) is 19.3 Å². The Morgan fingerprint density at radius 2 is 2.00 bits per heavy atom. The second-order valence-electron chi connectivity index (χ2n) is 9.21. The molecule has 0 spiro atoms. The number of hydrogen-bond acceptors (Lipinski definition) is 5. The Hall–Kier alpha value is -2.84. The van der Waals surface area contributed by atoms with E-state index in [1.807, 2.05) is 19.2 Å². The van der Waals surface area contributed by atoms with Crippen LogP contribution in [0, 0.1) is 5.82 Å². The van der Waals surface area contributed by atoms with Gasteiger partial charge in [0.25, 0.3) is 11.1 Å². The van der Waals surface area contributed by atoms with E-state index in [0.29, 0.717) is 16.5 Å². The second-order valence-corrected chi connectivity index (χ2v) is 10.6. The first-order valence-electron chi connectivity index (χ1n) is 10.8. The van der Waals surface area contributed by atoms with E-state index >= 15 is 0 Å². The summed E-state index contributed by atoms with van der Waals surface area (Å²) in [6, 6.07) is 9.54. The highest BCUT2D eigenvalue weighted by Crippen LogP contribution is 2.45. The average molecular weight is 502 g/mol. The number of nitrogens with zero attached hydrogens (tertiary/aromatic N) is 2. The van der Waals surface area contributed by atoms with Crippen LogP contribution in [0.5, 0.6) is 0 Å². The molecule has 3 amide bonds. The largest absolute Gasteiger partial charge is 0.369 e. The Morgan fingerprint density at radius 1 is 1.29 bits per heavy atom. The van der Waals surface area contributed by atoms with Gasteiger partial charge in [-0.05, 0) is 79.4 Å². The molecule has 0 aliphatic carbocycles. The fourth-order valence-electron chi connectivity index (χ4n) is 4.39. The first-order chi connectivity index (χ1) is 16.0. The van der Waals surface area contributed by atoms with Crippen molar-refractivity contribution in [3.63, 3.8) is 0 Å². The maximum Gasteiger partial charge on any atom is 0.294 e. The third kappa shape index (κ3) is 4.57. The van der Waals surface area contributed by atoms with Crippen LogP contribution in [0.15, 0.2) is 41.3 Å². The number of thioether (sulfide) groups is 1. The number of carbonyl (C=O) groups excluding carboxylic acids is 3. The summed E-state index contributed by atoms with van der Waals surface area (Å²) in [5.41, 5.74) is 2.79. The minimum absolute atomic E-state index is 0.0108. The summed E-state index contributed by atoms with van der Waals surface area (Å²) in [6.07, 6.45) is 2.56. The van der Waals surface area contributed by atoms with E-state index in [0.717, 1.165) is 34.3 Å². The van der Waals surface area contributed by atoms with Gasteiger partial charge in [0.1, 0.15) is 12.4 Å². The monoisotopic (exact) mass is 501 g/mol. The molecular formula is C25H25ClFN3O3S. The van der Waals surface area contributed by atoms with Crippen LogP contribution in [-0.2, 0) is 9.59 Å². The normalized spacial score (nSPS) is 20.6. The molecule has 0 saturated carbocycles. The number of amides is 3. The Bertz CT molecular complexity index is 1230. The zero-order valence-electron chi connectivity index (χ0n) is 19.3. The van der Waals surface area contributed by atoms with Crippen molar-refractivity contribution in [2.75, 3.05) is 23.8 Å². The molecule has 9 heteroatoms. The molecule has 2 aromatic carbocycles. The van der Waals surface area contributed by atoms with Crippen LogP contribution in [0.2, 0.25) is 5.02 Å². The van der Waals surface area contributed by atoms with Crippen LogP contribution in [0.25, 0.3) is 6.08 Å². The Kier molecular flexibility index (Phi) is 6.48. The Balaban J connectivity index is 1.55. The number of fused-ring (bicyclic) bond motifs is 1. The lowest BCUT2D eigenvalue weighted by molar-refractivity contribution is -0.127. The molecule has 6 nitrogen and oxygen atoms in total. The topological polar surface area (TPSA) is 69.7 Å². The molecular weight excluding hydrogens is 477 g/mol. The van der Waals surface area contributed by atoms with E-state index < -0.39 is 29.4 Å². The molecule has 1 unspecified atom stereocenters. The number of anilines is 2. The molecule has 4 rings (SSSR count). The number of imide groups is 1. The van der Waals surface area contributed by atoms with Gasteiger partial charge >= 0.3 is 0 Å². The lowest BCUT2D eigenvalue weighted by atomic mass is 9.80. The van der Waals surface area contributed by atoms with E-state index in [2.05, 4.69) is 31.0 Å². The van der Waals surface area contributed by atoms with Crippen LogP contribution in [0.3, 0.4) is 0 Å².